The number of hydrogen-bond acceptors (Lipinski definition) is 30. The van der Waals surface area contributed by atoms with Crippen LogP contribution in [0.2, 0.25) is 0 Å². The monoisotopic (exact) mass is 2120 g/mol. The zero-order valence-corrected chi connectivity index (χ0v) is 86.7. The molecule has 4 bridgehead atoms. The summed E-state index contributed by atoms with van der Waals surface area (Å²) in [7, 11) is 0. The summed E-state index contributed by atoms with van der Waals surface area (Å²) in [5.74, 6) is -35.9. The molecule has 0 unspecified atom stereocenters. The zero-order chi connectivity index (χ0) is 109. The molecule has 13 amide bonds. The number of nitrogens with one attached hydrogen (secondary N) is 7. The number of benzene rings is 3. The predicted octanol–water partition coefficient (Wildman–Crippen LogP) is 2.84. The summed E-state index contributed by atoms with van der Waals surface area (Å²) in [6, 6.07) is 5.87. The minimum absolute atomic E-state index is 0.0108. The first-order chi connectivity index (χ1) is 70.1. The number of carbonyl (C=O) groups excluding carboxylic acids is 21. The average Bonchev–Trinajstić information content (AvgIpc) is 1.52. The van der Waals surface area contributed by atoms with Gasteiger partial charge in [-0.3, -0.25) is 115 Å². The number of aliphatic carboxylic acids is 3. The van der Waals surface area contributed by atoms with Crippen molar-refractivity contribution in [3.05, 3.63) is 95.6 Å². The molecule has 4 saturated heterocycles. The van der Waals surface area contributed by atoms with Crippen LogP contribution in [-0.2, 0) is 134 Å². The standard InChI is InChI=1S/C102H140N14O29S3/c1-7-9-16-73-82(123)48-70(100(143)107-60(6)95(105)138)51-147-38-35-89(130)114-54-113-55-115(56-114)90(131)53-148-52-76(83(124)44-65(39-61-14-11-10-12-15-61)97(140)106-59(5)80(121)46-68(49-93(136)137)102(145)116-36-13-17-77(116)84(125)45-67(98(141)109-73)41-63-20-25-72(118)26-21-63)111-99(142)66(40-62-18-23-71(117)24-19-62)43-81(122)75(27-30-86(104)127)108-87(128)31-29-78(119)74(28-33-92(134)135)110-96(139)64(22-32-91(132)133)42-85(126)94(57(3)8-2)112-101(144)69(47-79(120)58(4)103)50-146-37-34-88(113)129/h10-12,14-15,18-21,23-26,57-60,64-70,73-77,94,117-118H,7-9,13,16-17,22,27-56,103H2,1-6H3,(H2,104,127)(H2,105,138)(H,106,140)(H,107,143)(H,108,128)(H,109,141)(H,110,139)(H,111,142)(H,112,144)(H,132,133)(H,134,135)(H,136,137)/t57-,58-,59-,60-,64+,65+,66+,67+,68-,69-,70-,73-,74-,75-,76-,77-,94-/m0/s1. The number of carboxylic acid groups (broad SMARTS) is 3. The fourth-order valence-corrected chi connectivity index (χ4v) is 20.6. The lowest BCUT2D eigenvalue weighted by molar-refractivity contribution is -0.157. The maximum atomic E-state index is 15.8. The lowest BCUT2D eigenvalue weighted by Gasteiger charge is -2.42. The quantitative estimate of drug-likeness (QED) is 0.0497. The number of nitrogens with two attached hydrogens (primary N) is 3. The number of phenols is 2. The van der Waals surface area contributed by atoms with Crippen molar-refractivity contribution in [2.24, 2.45) is 64.5 Å². The van der Waals surface area contributed by atoms with Gasteiger partial charge >= 0.3 is 17.9 Å². The number of Topliss-reactive ketones (excluding diaryl/α,β-unsaturated/α-hetero) is 8. The number of nitrogens with zero attached hydrogens (tertiary/aromatic N) is 4. The molecule has 7 rings (SSSR count). The second kappa shape index (κ2) is 61.2. The Morgan fingerprint density at radius 3 is 1.50 bits per heavy atom. The van der Waals surface area contributed by atoms with Crippen molar-refractivity contribution in [2.75, 3.05) is 61.1 Å². The Balaban J connectivity index is 1.39. The van der Waals surface area contributed by atoms with E-state index in [0.29, 0.717) is 24.0 Å². The van der Waals surface area contributed by atoms with Crippen molar-refractivity contribution in [1.82, 2.24) is 56.8 Å². The van der Waals surface area contributed by atoms with Gasteiger partial charge in [0.1, 0.15) is 23.3 Å². The first-order valence-electron chi connectivity index (χ1n) is 49.9. The molecule has 46 heteroatoms. The SMILES string of the molecule is CCCC[C@@H]1NC(=O)[C@H](Cc2ccc(O)cc2)CC(=O)[C@@H]2CCCN2C(=O)[C@H](CC(=O)O)CC(=O)[C@H](C)NC(=O)[C@H](Cc2ccccc2)CC(=O)[C@@H]2CSCC(=O)N3CN(CN(C3)C(=O)CCSC[C@H](CC(=O)[C@H](C)N)C(=O)N[C@@H]([C@@H](C)CC)C(=O)C[C@@H](CCC(=O)O)C(=O)N[C@@H](CCC(=O)O)C(=O)CCC(=O)N[C@@H](CCC(N)=O)C(=O)C[C@@H](Cc3ccc(O)cc3)C(=O)N2)C(=O)CCSC[C@@H](C(=O)N[C@@H](C)C(N)=O)CC1=O. The van der Waals surface area contributed by atoms with E-state index < -0.39 is 383 Å². The van der Waals surface area contributed by atoms with E-state index in [1.165, 1.54) is 69.3 Å². The number of primary amides is 2. The van der Waals surface area contributed by atoms with Crippen LogP contribution in [0.15, 0.2) is 78.9 Å². The number of unbranched alkanes of at least 4 members (excludes halogenated alkanes) is 1. The van der Waals surface area contributed by atoms with E-state index in [4.69, 9.17) is 17.2 Å². The highest BCUT2D eigenvalue weighted by Gasteiger charge is 2.44. The summed E-state index contributed by atoms with van der Waals surface area (Å²) in [5.41, 5.74) is 18.5. The summed E-state index contributed by atoms with van der Waals surface area (Å²) in [5, 5.41) is 69.3. The summed E-state index contributed by atoms with van der Waals surface area (Å²) in [6.45, 7) is 7.38. The van der Waals surface area contributed by atoms with Crippen molar-refractivity contribution < 1.29 is 141 Å². The molecule has 4 aliphatic rings. The molecule has 18 N–H and O–H groups in total. The molecule has 17 atom stereocenters. The number of rotatable bonds is 28. The van der Waals surface area contributed by atoms with E-state index in [2.05, 4.69) is 37.2 Å². The van der Waals surface area contributed by atoms with E-state index in [0.717, 1.165) is 54.9 Å². The van der Waals surface area contributed by atoms with Crippen LogP contribution < -0.4 is 54.4 Å². The molecule has 0 spiro atoms. The molecule has 4 fully saturated rings. The van der Waals surface area contributed by atoms with Crippen molar-refractivity contribution in [1.29, 1.82) is 0 Å². The number of fused-ring (bicyclic) bond motifs is 7. The fourth-order valence-electron chi connectivity index (χ4n) is 17.6. The molecule has 810 valence electrons. The average molecular weight is 2120 g/mol. The third-order valence-corrected chi connectivity index (χ3v) is 29.9. The van der Waals surface area contributed by atoms with Gasteiger partial charge in [0.15, 0.2) is 40.5 Å². The van der Waals surface area contributed by atoms with Gasteiger partial charge in [0.25, 0.3) is 0 Å². The molecular weight excluding hydrogens is 1980 g/mol. The Morgan fingerprint density at radius 1 is 0.466 bits per heavy atom. The molecule has 0 saturated carbocycles. The van der Waals surface area contributed by atoms with Crippen LogP contribution in [-0.4, -0.2) is 302 Å². The lowest BCUT2D eigenvalue weighted by atomic mass is 9.87. The normalized spacial score (nSPS) is 25.1. The summed E-state index contributed by atoms with van der Waals surface area (Å²) in [6.07, 6.45) is -11.7. The van der Waals surface area contributed by atoms with Crippen LogP contribution in [0.4, 0.5) is 0 Å². The second-order valence-electron chi connectivity index (χ2n) is 38.5. The smallest absolute Gasteiger partial charge is 0.304 e. The summed E-state index contributed by atoms with van der Waals surface area (Å²) >= 11 is 2.75. The van der Waals surface area contributed by atoms with Crippen molar-refractivity contribution in [2.45, 2.75) is 269 Å². The Hall–Kier alpha value is -12.9. The highest BCUT2D eigenvalue weighted by molar-refractivity contribution is 8.00. The minimum atomic E-state index is -1.79. The third-order valence-electron chi connectivity index (χ3n) is 26.7. The predicted molar refractivity (Wildman–Crippen MR) is 542 cm³/mol. The van der Waals surface area contributed by atoms with Crippen molar-refractivity contribution in [3.8, 4) is 11.5 Å². The summed E-state index contributed by atoms with van der Waals surface area (Å²) in [4.78, 5) is 349. The molecule has 4 heterocycles. The van der Waals surface area contributed by atoms with Gasteiger partial charge in [-0.1, -0.05) is 94.6 Å². The van der Waals surface area contributed by atoms with Gasteiger partial charge in [0.2, 0.25) is 76.8 Å². The van der Waals surface area contributed by atoms with Gasteiger partial charge in [0.05, 0.1) is 98.3 Å². The van der Waals surface area contributed by atoms with Crippen molar-refractivity contribution in [3.63, 3.8) is 0 Å². The molecule has 4 aliphatic heterocycles. The first-order valence-corrected chi connectivity index (χ1v) is 53.4. The van der Waals surface area contributed by atoms with Gasteiger partial charge in [-0.15, -0.1) is 11.8 Å². The lowest BCUT2D eigenvalue weighted by Crippen LogP contribution is -2.60. The molecule has 3 aromatic carbocycles. The number of aromatic hydroxyl groups is 2. The van der Waals surface area contributed by atoms with Gasteiger partial charge in [0, 0.05) is 149 Å². The Labute approximate surface area is 870 Å². The molecule has 0 aliphatic carbocycles. The number of carboxylic acids is 3. The largest absolute Gasteiger partial charge is 0.508 e. The van der Waals surface area contributed by atoms with Crippen molar-refractivity contribution >= 4 is 176 Å². The number of ketones is 8. The molecule has 148 heavy (non-hydrogen) atoms. The molecule has 43 nitrogen and oxygen atoms in total. The molecule has 0 radical (unpaired) electrons. The van der Waals surface area contributed by atoms with Crippen LogP contribution in [0.1, 0.15) is 212 Å². The summed E-state index contributed by atoms with van der Waals surface area (Å²) < 4.78 is 0. The minimum Gasteiger partial charge on any atom is -0.508 e. The molecular formula is C102H140N14O29S3. The number of thioether (sulfide) groups is 3. The number of phenolic OH excluding ortho intramolecular Hbond substituents is 2. The Morgan fingerprint density at radius 2 is 0.953 bits per heavy atom. The molecule has 3 aromatic rings. The fraction of sp³-hybridized carbons (Fsp3) is 0.588. The second-order valence-corrected chi connectivity index (χ2v) is 41.8. The van der Waals surface area contributed by atoms with Crippen LogP contribution in [0, 0.1) is 47.3 Å². The third kappa shape index (κ3) is 40.7. The Kier molecular flexibility index (Phi) is 50.5. The highest BCUT2D eigenvalue weighted by Crippen LogP contribution is 2.32. The van der Waals surface area contributed by atoms with Crippen LogP contribution >= 0.6 is 35.3 Å². The van der Waals surface area contributed by atoms with Gasteiger partial charge in [-0.05, 0) is 125 Å². The topological polar surface area (TPSA) is 686 Å². The molecule has 0 aromatic heterocycles. The van der Waals surface area contributed by atoms with E-state index in [1.54, 1.807) is 44.2 Å². The number of carbonyl (C=O) groups is 24. The maximum Gasteiger partial charge on any atom is 0.304 e. The van der Waals surface area contributed by atoms with E-state index in [1.807, 2.05) is 6.92 Å². The van der Waals surface area contributed by atoms with Crippen LogP contribution in [0.3, 0.4) is 0 Å². The number of amides is 13. The van der Waals surface area contributed by atoms with Crippen LogP contribution in [0.5, 0.6) is 11.5 Å². The number of hydrogen-bond donors (Lipinski definition) is 15. The Bertz CT molecular complexity index is 5250. The van der Waals surface area contributed by atoms with Gasteiger partial charge < -0.3 is 99.6 Å². The maximum absolute atomic E-state index is 15.8. The van der Waals surface area contributed by atoms with Gasteiger partial charge in [-0.25, -0.2) is 0 Å². The highest BCUT2D eigenvalue weighted by atomic mass is 32.2. The first kappa shape index (κ1) is 122. The van der Waals surface area contributed by atoms with Crippen LogP contribution in [0.25, 0.3) is 0 Å². The van der Waals surface area contributed by atoms with E-state index in [-0.39, 0.29) is 98.0 Å². The van der Waals surface area contributed by atoms with E-state index >= 15 is 38.4 Å². The van der Waals surface area contributed by atoms with Gasteiger partial charge in [-0.2, -0.15) is 23.5 Å². The van der Waals surface area contributed by atoms with E-state index in [9.17, 15) is 102 Å². The zero-order valence-electron chi connectivity index (χ0n) is 84.3.